The number of benzene rings is 1. The van der Waals surface area contributed by atoms with E-state index in [2.05, 4.69) is 0 Å². The first-order chi connectivity index (χ1) is 11.4. The van der Waals surface area contributed by atoms with Gasteiger partial charge in [-0.25, -0.2) is 0 Å². The monoisotopic (exact) mass is 366 g/mol. The van der Waals surface area contributed by atoms with Crippen molar-refractivity contribution in [3.05, 3.63) is 34.9 Å². The fraction of sp³-hybridized carbons (Fsp3) is 0.556. The molecule has 2 aliphatic rings. The molecule has 3 rings (SSSR count). The van der Waals surface area contributed by atoms with Crippen LogP contribution >= 0.6 is 23.4 Å². The number of likely N-dealkylation sites (tertiary alicyclic amines) is 1. The molecular weight excluding hydrogens is 344 g/mol. The van der Waals surface area contributed by atoms with Crippen LogP contribution < -0.4 is 0 Å². The summed E-state index contributed by atoms with van der Waals surface area (Å²) in [6.45, 7) is 6.08. The van der Waals surface area contributed by atoms with E-state index >= 15 is 0 Å². The van der Waals surface area contributed by atoms with Crippen LogP contribution in [0.5, 0.6) is 0 Å². The predicted octanol–water partition coefficient (Wildman–Crippen LogP) is 3.50. The average Bonchev–Trinajstić information content (AvgIpc) is 2.97. The molecule has 2 aliphatic heterocycles. The van der Waals surface area contributed by atoms with E-state index in [0.29, 0.717) is 10.6 Å². The number of thioether (sulfide) groups is 1. The molecule has 0 aromatic heterocycles. The van der Waals surface area contributed by atoms with Crippen molar-refractivity contribution in [2.75, 3.05) is 25.4 Å². The van der Waals surface area contributed by atoms with E-state index in [1.165, 1.54) is 0 Å². The lowest BCUT2D eigenvalue weighted by atomic mass is 9.99. The Balaban J connectivity index is 1.74. The third kappa shape index (κ3) is 3.29. The second-order valence-electron chi connectivity index (χ2n) is 6.74. The minimum atomic E-state index is -0.173. The van der Waals surface area contributed by atoms with E-state index in [1.807, 2.05) is 47.5 Å². The van der Waals surface area contributed by atoms with Crippen molar-refractivity contribution in [2.45, 2.75) is 31.6 Å². The molecule has 1 aromatic carbocycles. The standard InChI is InChI=1S/C18H23ClN2O2S/c1-13(2)16(22)20-8-6-18(7-9-20)21(10-11-24-18)17(23)14-4-3-5-15(19)12-14/h3-5,12-13H,6-11H2,1-2H3. The highest BCUT2D eigenvalue weighted by Gasteiger charge is 2.47. The molecule has 0 N–H and O–H groups in total. The van der Waals surface area contributed by atoms with Crippen molar-refractivity contribution in [1.82, 2.24) is 9.80 Å². The molecule has 24 heavy (non-hydrogen) atoms. The summed E-state index contributed by atoms with van der Waals surface area (Å²) >= 11 is 7.89. The van der Waals surface area contributed by atoms with E-state index < -0.39 is 0 Å². The van der Waals surface area contributed by atoms with Gasteiger partial charge in [-0.05, 0) is 31.0 Å². The SMILES string of the molecule is CC(C)C(=O)N1CCC2(CC1)SCCN2C(=O)c1cccc(Cl)c1. The molecular formula is C18H23ClN2O2S. The number of carbonyl (C=O) groups excluding carboxylic acids is 2. The molecule has 2 saturated heterocycles. The van der Waals surface area contributed by atoms with Crippen molar-refractivity contribution in [2.24, 2.45) is 5.92 Å². The molecule has 2 heterocycles. The van der Waals surface area contributed by atoms with Gasteiger partial charge in [0.05, 0.1) is 4.87 Å². The van der Waals surface area contributed by atoms with Gasteiger partial charge in [-0.1, -0.05) is 31.5 Å². The minimum Gasteiger partial charge on any atom is -0.342 e. The van der Waals surface area contributed by atoms with Gasteiger partial charge in [0.15, 0.2) is 0 Å². The smallest absolute Gasteiger partial charge is 0.255 e. The highest BCUT2D eigenvalue weighted by molar-refractivity contribution is 8.00. The molecule has 0 bridgehead atoms. The Morgan fingerprint density at radius 1 is 1.21 bits per heavy atom. The van der Waals surface area contributed by atoms with Crippen LogP contribution in [-0.2, 0) is 4.79 Å². The number of amides is 2. The van der Waals surface area contributed by atoms with Crippen LogP contribution in [0.2, 0.25) is 5.02 Å². The first kappa shape index (κ1) is 17.6. The summed E-state index contributed by atoms with van der Waals surface area (Å²) in [4.78, 5) is 28.9. The summed E-state index contributed by atoms with van der Waals surface area (Å²) < 4.78 is 0. The van der Waals surface area contributed by atoms with Crippen molar-refractivity contribution < 1.29 is 9.59 Å². The molecule has 2 fully saturated rings. The number of nitrogens with zero attached hydrogens (tertiary/aromatic N) is 2. The Kier molecular flexibility index (Phi) is 5.11. The predicted molar refractivity (Wildman–Crippen MR) is 98.3 cm³/mol. The Morgan fingerprint density at radius 2 is 1.92 bits per heavy atom. The van der Waals surface area contributed by atoms with E-state index in [4.69, 9.17) is 11.6 Å². The van der Waals surface area contributed by atoms with Crippen LogP contribution in [0.3, 0.4) is 0 Å². The molecule has 0 atom stereocenters. The number of halogens is 1. The fourth-order valence-corrected chi connectivity index (χ4v) is 5.17. The third-order valence-electron chi connectivity index (χ3n) is 4.84. The summed E-state index contributed by atoms with van der Waals surface area (Å²) in [5, 5.41) is 0.582. The summed E-state index contributed by atoms with van der Waals surface area (Å²) in [5.41, 5.74) is 0.644. The van der Waals surface area contributed by atoms with Crippen LogP contribution in [0, 0.1) is 5.92 Å². The number of carbonyl (C=O) groups is 2. The number of hydrogen-bond acceptors (Lipinski definition) is 3. The maximum absolute atomic E-state index is 13.0. The van der Waals surface area contributed by atoms with Crippen LogP contribution in [0.1, 0.15) is 37.0 Å². The normalized spacial score (nSPS) is 20.0. The summed E-state index contributed by atoms with van der Waals surface area (Å²) in [6, 6.07) is 7.15. The lowest BCUT2D eigenvalue weighted by molar-refractivity contribution is -0.136. The number of rotatable bonds is 2. The van der Waals surface area contributed by atoms with Gasteiger partial charge >= 0.3 is 0 Å². The van der Waals surface area contributed by atoms with Gasteiger partial charge in [0.2, 0.25) is 5.91 Å². The van der Waals surface area contributed by atoms with Gasteiger partial charge in [0, 0.05) is 41.9 Å². The fourth-order valence-electron chi connectivity index (χ4n) is 3.53. The number of piperidine rings is 1. The quantitative estimate of drug-likeness (QED) is 0.804. The second-order valence-corrected chi connectivity index (χ2v) is 8.64. The maximum Gasteiger partial charge on any atom is 0.255 e. The van der Waals surface area contributed by atoms with Gasteiger partial charge in [0.1, 0.15) is 0 Å². The summed E-state index contributed by atoms with van der Waals surface area (Å²) in [6.07, 6.45) is 1.67. The molecule has 2 amide bonds. The topological polar surface area (TPSA) is 40.6 Å². The highest BCUT2D eigenvalue weighted by atomic mass is 35.5. The molecule has 0 radical (unpaired) electrons. The van der Waals surface area contributed by atoms with Gasteiger partial charge in [-0.3, -0.25) is 9.59 Å². The van der Waals surface area contributed by atoms with Gasteiger partial charge < -0.3 is 9.80 Å². The molecule has 6 heteroatoms. The van der Waals surface area contributed by atoms with E-state index in [9.17, 15) is 9.59 Å². The van der Waals surface area contributed by atoms with Gasteiger partial charge in [-0.2, -0.15) is 0 Å². The highest BCUT2D eigenvalue weighted by Crippen LogP contribution is 2.44. The first-order valence-electron chi connectivity index (χ1n) is 8.43. The molecule has 0 aliphatic carbocycles. The van der Waals surface area contributed by atoms with Gasteiger partial charge in [0.25, 0.3) is 5.91 Å². The Hall–Kier alpha value is -1.20. The van der Waals surface area contributed by atoms with Crippen molar-refractivity contribution in [3.8, 4) is 0 Å². The van der Waals surface area contributed by atoms with Crippen LogP contribution in [-0.4, -0.2) is 51.9 Å². The average molecular weight is 367 g/mol. The second kappa shape index (κ2) is 6.96. The summed E-state index contributed by atoms with van der Waals surface area (Å²) in [7, 11) is 0. The Morgan fingerprint density at radius 3 is 2.54 bits per heavy atom. The zero-order valence-electron chi connectivity index (χ0n) is 14.1. The van der Waals surface area contributed by atoms with Crippen molar-refractivity contribution in [1.29, 1.82) is 0 Å². The van der Waals surface area contributed by atoms with Crippen LogP contribution in [0.4, 0.5) is 0 Å². The first-order valence-corrected chi connectivity index (χ1v) is 9.79. The van der Waals surface area contributed by atoms with Crippen LogP contribution in [0.25, 0.3) is 0 Å². The molecule has 1 spiro atoms. The van der Waals surface area contributed by atoms with Crippen molar-refractivity contribution in [3.63, 3.8) is 0 Å². The largest absolute Gasteiger partial charge is 0.342 e. The zero-order chi connectivity index (χ0) is 17.3. The lowest BCUT2D eigenvalue weighted by Gasteiger charge is -2.44. The van der Waals surface area contributed by atoms with E-state index in [1.54, 1.807) is 12.1 Å². The molecule has 1 aromatic rings. The molecule has 0 unspecified atom stereocenters. The van der Waals surface area contributed by atoms with Gasteiger partial charge in [-0.15, -0.1) is 11.8 Å². The maximum atomic E-state index is 13.0. The molecule has 130 valence electrons. The zero-order valence-corrected chi connectivity index (χ0v) is 15.7. The van der Waals surface area contributed by atoms with E-state index in [0.717, 1.165) is 38.2 Å². The lowest BCUT2D eigenvalue weighted by Crippen LogP contribution is -2.54. The van der Waals surface area contributed by atoms with E-state index in [-0.39, 0.29) is 22.6 Å². The number of hydrogen-bond donors (Lipinski definition) is 0. The minimum absolute atomic E-state index is 0.0273. The third-order valence-corrected chi connectivity index (χ3v) is 6.63. The Bertz CT molecular complexity index is 642. The Labute approximate surface area is 152 Å². The van der Waals surface area contributed by atoms with Crippen molar-refractivity contribution >= 4 is 35.2 Å². The molecule has 4 nitrogen and oxygen atoms in total. The molecule has 0 saturated carbocycles. The van der Waals surface area contributed by atoms with Crippen LogP contribution in [0.15, 0.2) is 24.3 Å². The summed E-state index contributed by atoms with van der Waals surface area (Å²) in [5.74, 6) is 1.23.